The number of nitrogens with one attached hydrogen (secondary N) is 1. The molecule has 1 unspecified atom stereocenters. The maximum atomic E-state index is 12.6. The molecular formula is C20H36N5O9P. The number of Topliss-reactive ketones (excluding diaryl/α,β-unsaturated/α-hetero) is 1. The SMILES string of the molecule is CC(=O)C1(N)C=CN([C@@H]2O[C@H](CO)[C@](O)(OP(O)(O)(CCC#N)N(C(C)C)C(C)C)[C@H]2O)C(=O)N1. The van der Waals surface area contributed by atoms with Crippen molar-refractivity contribution in [3.05, 3.63) is 12.3 Å². The van der Waals surface area contributed by atoms with Gasteiger partial charge in [-0.25, -0.2) is 0 Å². The summed E-state index contributed by atoms with van der Waals surface area (Å²) in [7, 11) is -5.59. The molecule has 0 saturated carbocycles. The number of carbonyl (C=O) groups is 2. The minimum atomic E-state index is -5.59. The van der Waals surface area contributed by atoms with Gasteiger partial charge in [0.1, 0.15) is 0 Å². The van der Waals surface area contributed by atoms with Gasteiger partial charge in [-0.2, -0.15) is 0 Å². The van der Waals surface area contributed by atoms with Crippen LogP contribution in [0, 0.1) is 11.3 Å². The third kappa shape index (κ3) is 5.35. The predicted molar refractivity (Wildman–Crippen MR) is 123 cm³/mol. The molecule has 15 heteroatoms. The molecule has 0 bridgehead atoms. The number of hydrogen-bond donors (Lipinski definition) is 7. The van der Waals surface area contributed by atoms with Gasteiger partial charge >= 0.3 is 203 Å². The molecule has 0 aliphatic carbocycles. The van der Waals surface area contributed by atoms with Crippen LogP contribution in [0.5, 0.6) is 0 Å². The van der Waals surface area contributed by atoms with Gasteiger partial charge in [0.2, 0.25) is 0 Å². The maximum absolute atomic E-state index is 12.6. The van der Waals surface area contributed by atoms with Crippen LogP contribution in [0.15, 0.2) is 12.3 Å². The van der Waals surface area contributed by atoms with Crippen LogP contribution in [0.4, 0.5) is 4.79 Å². The van der Waals surface area contributed by atoms with Gasteiger partial charge < -0.3 is 0 Å². The summed E-state index contributed by atoms with van der Waals surface area (Å²) in [6, 6.07) is -0.221. The van der Waals surface area contributed by atoms with Crippen molar-refractivity contribution in [2.75, 3.05) is 12.8 Å². The summed E-state index contributed by atoms with van der Waals surface area (Å²) in [5.74, 6) is -3.48. The molecule has 1 saturated heterocycles. The summed E-state index contributed by atoms with van der Waals surface area (Å²) in [6.45, 7) is 6.83. The normalized spacial score (nSPS) is 32.6. The molecule has 0 aromatic carbocycles. The number of ether oxygens (including phenoxy) is 1. The topological polar surface area (TPSA) is 222 Å². The van der Waals surface area contributed by atoms with E-state index in [1.54, 1.807) is 27.7 Å². The number of amides is 2. The van der Waals surface area contributed by atoms with E-state index >= 15 is 0 Å². The second kappa shape index (κ2) is 9.95. The molecule has 35 heavy (non-hydrogen) atoms. The van der Waals surface area contributed by atoms with Gasteiger partial charge in [-0.15, -0.1) is 0 Å². The van der Waals surface area contributed by atoms with Gasteiger partial charge in [-0.05, 0) is 0 Å². The van der Waals surface area contributed by atoms with Crippen LogP contribution in [0.3, 0.4) is 0 Å². The Balaban J connectivity index is 2.51. The van der Waals surface area contributed by atoms with Crippen molar-refractivity contribution in [2.24, 2.45) is 5.73 Å². The van der Waals surface area contributed by atoms with Crippen LogP contribution < -0.4 is 11.1 Å². The zero-order chi connectivity index (χ0) is 27.0. The van der Waals surface area contributed by atoms with Crippen molar-refractivity contribution in [3.8, 4) is 6.07 Å². The third-order valence-electron chi connectivity index (χ3n) is 6.00. The Labute approximate surface area is 203 Å². The Bertz CT molecular complexity index is 902. The van der Waals surface area contributed by atoms with Crippen LogP contribution in [0.1, 0.15) is 41.0 Å². The predicted octanol–water partition coefficient (Wildman–Crippen LogP) is -1.22. The van der Waals surface area contributed by atoms with E-state index in [2.05, 4.69) is 5.32 Å². The molecule has 200 valence electrons. The Morgan fingerprint density at radius 1 is 1.40 bits per heavy atom. The molecule has 14 nitrogen and oxygen atoms in total. The van der Waals surface area contributed by atoms with Crippen LogP contribution in [-0.4, -0.2) is 101 Å². The van der Waals surface area contributed by atoms with Crippen LogP contribution in [0.25, 0.3) is 0 Å². The first-order valence-electron chi connectivity index (χ1n) is 11.1. The fraction of sp³-hybridized carbons (Fsp3) is 0.750. The van der Waals surface area contributed by atoms with Gasteiger partial charge in [0, 0.05) is 0 Å². The van der Waals surface area contributed by atoms with Crippen molar-refractivity contribution in [3.63, 3.8) is 0 Å². The number of rotatable bonds is 10. The standard InChI is InChI=1S/C20H36N5O9P/c1-12(2)25(13(3)4)35(31,32,10-6-8-21)34-20(30)15(11-26)33-17(16(20)28)24-9-7-19(22,14(5)27)23-18(24)29/h7,9,12-13,15-17,26,28,30-32H,6,10-11,22H2,1-5H3,(H,23,29)/t15-,16+,17-,19?,20+/m1/s1. The molecule has 0 aromatic rings. The summed E-state index contributed by atoms with van der Waals surface area (Å²) in [5.41, 5.74) is 4.03. The summed E-state index contributed by atoms with van der Waals surface area (Å²) in [4.78, 5) is 48.4. The number of nitriles is 1. The van der Waals surface area contributed by atoms with E-state index in [9.17, 15) is 34.7 Å². The molecule has 2 rings (SSSR count). The number of urea groups is 1. The van der Waals surface area contributed by atoms with E-state index in [0.717, 1.165) is 24.1 Å². The van der Waals surface area contributed by atoms with E-state index in [4.69, 9.17) is 20.3 Å². The monoisotopic (exact) mass is 521 g/mol. The first kappa shape index (κ1) is 29.5. The second-order valence-electron chi connectivity index (χ2n) is 9.33. The Morgan fingerprint density at radius 3 is 2.40 bits per heavy atom. The molecule has 5 atom stereocenters. The van der Waals surface area contributed by atoms with Crippen LogP contribution in [-0.2, 0) is 14.1 Å². The van der Waals surface area contributed by atoms with Gasteiger partial charge in [0.25, 0.3) is 0 Å². The van der Waals surface area contributed by atoms with Crippen molar-refractivity contribution in [1.82, 2.24) is 14.9 Å². The zero-order valence-corrected chi connectivity index (χ0v) is 21.3. The van der Waals surface area contributed by atoms with Gasteiger partial charge in [0.15, 0.2) is 0 Å². The molecule has 1 fully saturated rings. The summed E-state index contributed by atoms with van der Waals surface area (Å²) >= 11 is 0. The van der Waals surface area contributed by atoms with E-state index in [0.29, 0.717) is 0 Å². The molecule has 8 N–H and O–H groups in total. The number of carbonyl (C=O) groups excluding carboxylic acids is 2. The molecule has 2 heterocycles. The second-order valence-corrected chi connectivity index (χ2v) is 12.6. The number of aliphatic hydroxyl groups excluding tert-OH is 2. The summed E-state index contributed by atoms with van der Waals surface area (Å²) in [5, 5.41) is 43.7. The van der Waals surface area contributed by atoms with Gasteiger partial charge in [-0.1, -0.05) is 0 Å². The quantitative estimate of drug-likeness (QED) is 0.133. The van der Waals surface area contributed by atoms with Crippen molar-refractivity contribution >= 4 is 19.2 Å². The molecule has 0 radical (unpaired) electrons. The number of nitrogens with zero attached hydrogens (tertiary/aromatic N) is 3. The number of ketones is 1. The van der Waals surface area contributed by atoms with E-state index < -0.39 is 74.0 Å². The number of aliphatic hydroxyl groups is 3. The van der Waals surface area contributed by atoms with Gasteiger partial charge in [-0.3, -0.25) is 0 Å². The Hall–Kier alpha value is -1.76. The Kier molecular flexibility index (Phi) is 8.38. The fourth-order valence-corrected chi connectivity index (χ4v) is 8.06. The number of nitrogens with two attached hydrogens (primary N) is 1. The summed E-state index contributed by atoms with van der Waals surface area (Å²) in [6.07, 6.45) is -4.28. The first-order chi connectivity index (χ1) is 16.0. The van der Waals surface area contributed by atoms with Crippen molar-refractivity contribution in [1.29, 1.82) is 5.26 Å². The molecule has 2 amide bonds. The van der Waals surface area contributed by atoms with E-state index in [1.165, 1.54) is 4.67 Å². The average Bonchev–Trinajstić information content (AvgIpc) is 2.95. The fourth-order valence-electron chi connectivity index (χ4n) is 4.47. The van der Waals surface area contributed by atoms with Crippen LogP contribution >= 0.6 is 7.43 Å². The van der Waals surface area contributed by atoms with Gasteiger partial charge in [0.05, 0.1) is 0 Å². The molecule has 0 aromatic heterocycles. The summed E-state index contributed by atoms with van der Waals surface area (Å²) < 4.78 is 12.3. The molecule has 0 spiro atoms. The van der Waals surface area contributed by atoms with Crippen molar-refractivity contribution in [2.45, 2.75) is 83.0 Å². The zero-order valence-electron chi connectivity index (χ0n) is 20.4. The van der Waals surface area contributed by atoms with E-state index in [-0.39, 0.29) is 6.42 Å². The average molecular weight is 522 g/mol. The van der Waals surface area contributed by atoms with Crippen molar-refractivity contribution < 1.29 is 44.0 Å². The van der Waals surface area contributed by atoms with Crippen LogP contribution in [0.2, 0.25) is 0 Å². The molecule has 2 aliphatic heterocycles. The first-order valence-corrected chi connectivity index (χ1v) is 13.3. The third-order valence-corrected chi connectivity index (χ3v) is 9.52. The molecular weight excluding hydrogens is 485 g/mol. The number of hydrogen-bond acceptors (Lipinski definition) is 12. The minimum absolute atomic E-state index is 0.359. The Morgan fingerprint density at radius 2 is 1.97 bits per heavy atom. The van der Waals surface area contributed by atoms with E-state index in [1.807, 2.05) is 6.07 Å². The molecule has 2 aliphatic rings.